The average molecular weight is 429 g/mol. The Morgan fingerprint density at radius 1 is 0.900 bits per heavy atom. The van der Waals surface area contributed by atoms with Gasteiger partial charge in [-0.25, -0.2) is 0 Å². The van der Waals surface area contributed by atoms with Gasteiger partial charge in [-0.2, -0.15) is 0 Å². The molecule has 1 aromatic heterocycles. The maximum Gasteiger partial charge on any atom is 0.270 e. The quantitative estimate of drug-likeness (QED) is 0.661. The number of fused-ring (bicyclic) bond motifs is 1. The molecule has 0 aliphatic carbocycles. The Morgan fingerprint density at radius 2 is 1.60 bits per heavy atom. The number of rotatable bonds is 6. The zero-order valence-corrected chi connectivity index (χ0v) is 18.3. The standard InChI is InChI=1S/C23H29ClN4O2/c1-25-12-9-21(29)20-8-13-28(22(20)23(25)30)11-3-2-10-26-14-16-27(17-15-26)19-6-4-18(24)5-7-19/h4-8,13H,2-3,9-12,14-17H2,1H3. The second-order valence-corrected chi connectivity index (χ2v) is 8.62. The molecule has 4 rings (SSSR count). The van der Waals surface area contributed by atoms with Gasteiger partial charge in [0.25, 0.3) is 5.91 Å². The fourth-order valence-corrected chi connectivity index (χ4v) is 4.43. The number of benzene rings is 1. The molecular weight excluding hydrogens is 400 g/mol. The van der Waals surface area contributed by atoms with Gasteiger partial charge in [-0.05, 0) is 49.7 Å². The SMILES string of the molecule is CN1CCC(=O)c2ccn(CCCCN3CCN(c4ccc(Cl)cc4)CC3)c2C1=O. The molecule has 1 fully saturated rings. The van der Waals surface area contributed by atoms with Crippen molar-refractivity contribution in [3.63, 3.8) is 0 Å². The molecule has 0 spiro atoms. The van der Waals surface area contributed by atoms with Crippen LogP contribution in [0.4, 0.5) is 5.69 Å². The van der Waals surface area contributed by atoms with E-state index in [1.165, 1.54) is 5.69 Å². The molecule has 0 saturated carbocycles. The Kier molecular flexibility index (Phi) is 6.44. The van der Waals surface area contributed by atoms with Crippen LogP contribution in [0.15, 0.2) is 36.5 Å². The van der Waals surface area contributed by atoms with E-state index in [2.05, 4.69) is 21.9 Å². The number of carbonyl (C=O) groups excluding carboxylic acids is 2. The van der Waals surface area contributed by atoms with Gasteiger partial charge >= 0.3 is 0 Å². The highest BCUT2D eigenvalue weighted by Gasteiger charge is 2.28. The minimum Gasteiger partial charge on any atom is -0.369 e. The molecule has 2 aliphatic heterocycles. The number of piperazine rings is 1. The van der Waals surface area contributed by atoms with Crippen LogP contribution in [0.25, 0.3) is 0 Å². The lowest BCUT2D eigenvalue weighted by Crippen LogP contribution is -2.46. The van der Waals surface area contributed by atoms with Crippen LogP contribution in [-0.2, 0) is 6.54 Å². The van der Waals surface area contributed by atoms with Gasteiger partial charge in [0.05, 0.1) is 0 Å². The minimum absolute atomic E-state index is 0.0424. The third-order valence-electron chi connectivity index (χ3n) is 6.17. The molecule has 1 aromatic carbocycles. The van der Waals surface area contributed by atoms with E-state index in [1.807, 2.05) is 29.0 Å². The Labute approximate surface area is 183 Å². The van der Waals surface area contributed by atoms with Gasteiger partial charge in [0.1, 0.15) is 5.69 Å². The molecular formula is C23H29ClN4O2. The molecule has 2 aromatic rings. The first-order valence-electron chi connectivity index (χ1n) is 10.7. The van der Waals surface area contributed by atoms with Crippen molar-refractivity contribution in [2.45, 2.75) is 25.8 Å². The van der Waals surface area contributed by atoms with Crippen LogP contribution in [0.2, 0.25) is 5.02 Å². The molecule has 3 heterocycles. The molecule has 7 heteroatoms. The number of aryl methyl sites for hydroxylation is 1. The molecule has 2 aliphatic rings. The summed E-state index contributed by atoms with van der Waals surface area (Å²) in [5, 5.41) is 0.773. The summed E-state index contributed by atoms with van der Waals surface area (Å²) in [7, 11) is 1.77. The van der Waals surface area contributed by atoms with E-state index in [0.29, 0.717) is 24.2 Å². The number of nitrogens with zero attached hydrogens (tertiary/aromatic N) is 4. The second-order valence-electron chi connectivity index (χ2n) is 8.18. The highest BCUT2D eigenvalue weighted by atomic mass is 35.5. The third kappa shape index (κ3) is 4.55. The van der Waals surface area contributed by atoms with Crippen LogP contribution in [0, 0.1) is 0 Å². The molecule has 1 amide bonds. The summed E-state index contributed by atoms with van der Waals surface area (Å²) in [6, 6.07) is 9.87. The van der Waals surface area contributed by atoms with Gasteiger partial charge in [0.2, 0.25) is 0 Å². The topological polar surface area (TPSA) is 48.8 Å². The van der Waals surface area contributed by atoms with E-state index in [9.17, 15) is 9.59 Å². The van der Waals surface area contributed by atoms with Crippen molar-refractivity contribution < 1.29 is 9.59 Å². The number of aromatic nitrogens is 1. The van der Waals surface area contributed by atoms with E-state index in [-0.39, 0.29) is 11.7 Å². The third-order valence-corrected chi connectivity index (χ3v) is 6.43. The summed E-state index contributed by atoms with van der Waals surface area (Å²) in [5.41, 5.74) is 2.38. The van der Waals surface area contributed by atoms with Crippen molar-refractivity contribution in [2.24, 2.45) is 0 Å². The number of hydrogen-bond acceptors (Lipinski definition) is 4. The minimum atomic E-state index is -0.0424. The highest BCUT2D eigenvalue weighted by molar-refractivity contribution is 6.30. The van der Waals surface area contributed by atoms with Crippen molar-refractivity contribution in [3.05, 3.63) is 52.8 Å². The fourth-order valence-electron chi connectivity index (χ4n) is 4.31. The van der Waals surface area contributed by atoms with Crippen molar-refractivity contribution in [1.29, 1.82) is 0 Å². The van der Waals surface area contributed by atoms with Crippen molar-refractivity contribution in [1.82, 2.24) is 14.4 Å². The summed E-state index contributed by atoms with van der Waals surface area (Å²) >= 11 is 5.99. The summed E-state index contributed by atoms with van der Waals surface area (Å²) < 4.78 is 1.97. The van der Waals surface area contributed by atoms with Gasteiger partial charge in [-0.3, -0.25) is 14.5 Å². The summed E-state index contributed by atoms with van der Waals surface area (Å²) in [5.74, 6) is 0.0270. The number of unbranched alkanes of at least 4 members (excludes halogenated alkanes) is 1. The number of amides is 1. The number of Topliss-reactive ketones (excluding diaryl/α,β-unsaturated/α-hetero) is 1. The summed E-state index contributed by atoms with van der Waals surface area (Å²) in [6.45, 7) is 6.48. The maximum atomic E-state index is 12.6. The number of carbonyl (C=O) groups is 2. The summed E-state index contributed by atoms with van der Waals surface area (Å²) in [4.78, 5) is 31.5. The zero-order chi connectivity index (χ0) is 21.1. The fraction of sp³-hybridized carbons (Fsp3) is 0.478. The maximum absolute atomic E-state index is 12.6. The van der Waals surface area contributed by atoms with E-state index in [4.69, 9.17) is 11.6 Å². The molecule has 0 bridgehead atoms. The lowest BCUT2D eigenvalue weighted by molar-refractivity contribution is 0.0787. The molecule has 6 nitrogen and oxygen atoms in total. The number of ketones is 1. The van der Waals surface area contributed by atoms with Crippen LogP contribution < -0.4 is 4.90 Å². The number of anilines is 1. The van der Waals surface area contributed by atoms with Gasteiger partial charge in [-0.1, -0.05) is 11.6 Å². The van der Waals surface area contributed by atoms with Gasteiger partial charge in [-0.15, -0.1) is 0 Å². The summed E-state index contributed by atoms with van der Waals surface area (Å²) in [6.07, 6.45) is 4.36. The zero-order valence-electron chi connectivity index (χ0n) is 17.5. The Bertz CT molecular complexity index is 900. The normalized spacial score (nSPS) is 17.9. The number of hydrogen-bond donors (Lipinski definition) is 0. The Balaban J connectivity index is 1.24. The van der Waals surface area contributed by atoms with Crippen molar-refractivity contribution >= 4 is 29.0 Å². The van der Waals surface area contributed by atoms with Gasteiger partial charge < -0.3 is 14.4 Å². The molecule has 0 N–H and O–H groups in total. The van der Waals surface area contributed by atoms with Gasteiger partial charge in [0, 0.05) is 75.2 Å². The van der Waals surface area contributed by atoms with Crippen LogP contribution in [0.3, 0.4) is 0 Å². The first kappa shape index (κ1) is 20.9. The Hall–Kier alpha value is -2.31. The average Bonchev–Trinajstić information content (AvgIpc) is 3.15. The van der Waals surface area contributed by atoms with Crippen molar-refractivity contribution in [2.75, 3.05) is 51.2 Å². The Morgan fingerprint density at radius 3 is 2.33 bits per heavy atom. The molecule has 0 radical (unpaired) electrons. The molecule has 160 valence electrons. The van der Waals surface area contributed by atoms with Crippen LogP contribution in [0.1, 0.15) is 40.1 Å². The largest absolute Gasteiger partial charge is 0.369 e. The van der Waals surface area contributed by atoms with Crippen LogP contribution in [0.5, 0.6) is 0 Å². The smallest absolute Gasteiger partial charge is 0.270 e. The molecule has 30 heavy (non-hydrogen) atoms. The lowest BCUT2D eigenvalue weighted by Gasteiger charge is -2.36. The predicted octanol–water partition coefficient (Wildman–Crippen LogP) is 3.40. The number of halogens is 1. The van der Waals surface area contributed by atoms with Crippen molar-refractivity contribution in [3.8, 4) is 0 Å². The van der Waals surface area contributed by atoms with E-state index in [0.717, 1.165) is 57.1 Å². The molecule has 0 unspecified atom stereocenters. The predicted molar refractivity (Wildman–Crippen MR) is 120 cm³/mol. The first-order chi connectivity index (χ1) is 14.5. The molecule has 1 saturated heterocycles. The first-order valence-corrected chi connectivity index (χ1v) is 11.1. The van der Waals surface area contributed by atoms with Gasteiger partial charge in [0.15, 0.2) is 5.78 Å². The second kappa shape index (κ2) is 9.23. The van der Waals surface area contributed by atoms with E-state index in [1.54, 1.807) is 11.9 Å². The highest BCUT2D eigenvalue weighted by Crippen LogP contribution is 2.21. The molecule has 0 atom stereocenters. The van der Waals surface area contributed by atoms with E-state index < -0.39 is 0 Å². The lowest BCUT2D eigenvalue weighted by atomic mass is 10.1. The van der Waals surface area contributed by atoms with Crippen LogP contribution in [-0.4, -0.2) is 72.4 Å². The van der Waals surface area contributed by atoms with E-state index >= 15 is 0 Å². The monoisotopic (exact) mass is 428 g/mol. The van der Waals surface area contributed by atoms with Crippen LogP contribution >= 0.6 is 11.6 Å².